The molecule has 0 aromatic heterocycles. The monoisotopic (exact) mass is 702 g/mol. The number of hydrogen-bond donors (Lipinski definition) is 0. The van der Waals surface area contributed by atoms with Gasteiger partial charge in [-0.2, -0.15) is 0 Å². The van der Waals surface area contributed by atoms with Crippen LogP contribution in [0.15, 0.2) is 170 Å². The summed E-state index contributed by atoms with van der Waals surface area (Å²) in [6.45, 7) is 17.1. The highest BCUT2D eigenvalue weighted by molar-refractivity contribution is 5.90. The molecule has 2 atom stereocenters. The van der Waals surface area contributed by atoms with Gasteiger partial charge in [-0.1, -0.05) is 146 Å². The van der Waals surface area contributed by atoms with Gasteiger partial charge in [-0.05, 0) is 122 Å². The first kappa shape index (κ1) is 34.2. The minimum absolute atomic E-state index is 0.0714. The van der Waals surface area contributed by atoms with E-state index in [9.17, 15) is 0 Å². The Morgan fingerprint density at radius 3 is 1.54 bits per heavy atom. The first-order valence-electron chi connectivity index (χ1n) is 19.5. The zero-order valence-corrected chi connectivity index (χ0v) is 32.6. The van der Waals surface area contributed by atoms with E-state index in [0.29, 0.717) is 11.8 Å². The molecule has 3 aliphatic carbocycles. The van der Waals surface area contributed by atoms with Crippen molar-refractivity contribution in [2.45, 2.75) is 70.6 Å². The van der Waals surface area contributed by atoms with E-state index in [-0.39, 0.29) is 16.2 Å². The van der Waals surface area contributed by atoms with Crippen LogP contribution in [0.5, 0.6) is 0 Å². The molecule has 0 amide bonds. The molecule has 0 spiro atoms. The van der Waals surface area contributed by atoms with Crippen molar-refractivity contribution in [1.29, 1.82) is 0 Å². The maximum absolute atomic E-state index is 2.57. The number of benzene rings is 6. The van der Waals surface area contributed by atoms with Crippen molar-refractivity contribution in [1.82, 2.24) is 0 Å². The molecular weight excluding hydrogens is 653 g/mol. The van der Waals surface area contributed by atoms with Crippen LogP contribution in [0.2, 0.25) is 0 Å². The first-order valence-corrected chi connectivity index (χ1v) is 19.5. The summed E-state index contributed by atoms with van der Waals surface area (Å²) in [5, 5.41) is 0. The number of rotatable bonds is 6. The molecule has 0 N–H and O–H groups in total. The van der Waals surface area contributed by atoms with Crippen LogP contribution in [0, 0.1) is 5.92 Å². The number of anilines is 5. The average molecular weight is 703 g/mol. The van der Waals surface area contributed by atoms with Crippen molar-refractivity contribution in [3.05, 3.63) is 197 Å². The summed E-state index contributed by atoms with van der Waals surface area (Å²) < 4.78 is 0. The summed E-state index contributed by atoms with van der Waals surface area (Å²) in [4.78, 5) is 4.85. The molecule has 0 heterocycles. The third-order valence-electron chi connectivity index (χ3n) is 12.4. The Bertz CT molecular complexity index is 2330. The average Bonchev–Trinajstić information content (AvgIpc) is 3.55. The smallest absolute Gasteiger partial charge is 0.0468 e. The van der Waals surface area contributed by atoms with Crippen molar-refractivity contribution in [3.63, 3.8) is 0 Å². The lowest BCUT2D eigenvalue weighted by Gasteiger charge is -2.36. The predicted molar refractivity (Wildman–Crippen MR) is 229 cm³/mol. The molecule has 2 nitrogen and oxygen atoms in total. The van der Waals surface area contributed by atoms with Crippen LogP contribution in [-0.2, 0) is 16.2 Å². The summed E-state index contributed by atoms with van der Waals surface area (Å²) in [6.07, 6.45) is 7.43. The van der Waals surface area contributed by atoms with Gasteiger partial charge in [-0.25, -0.2) is 0 Å². The van der Waals surface area contributed by atoms with Crippen LogP contribution in [0.4, 0.5) is 28.4 Å². The maximum Gasteiger partial charge on any atom is 0.0468 e. The van der Waals surface area contributed by atoms with Gasteiger partial charge >= 0.3 is 0 Å². The molecule has 54 heavy (non-hydrogen) atoms. The summed E-state index contributed by atoms with van der Waals surface area (Å²) in [5.74, 6) is 0.638. The van der Waals surface area contributed by atoms with Crippen LogP contribution in [0.3, 0.4) is 0 Å². The molecule has 6 aromatic carbocycles. The number of nitrogens with zero attached hydrogens (tertiary/aromatic N) is 2. The molecule has 2 heteroatoms. The van der Waals surface area contributed by atoms with Crippen molar-refractivity contribution in [3.8, 4) is 11.1 Å². The van der Waals surface area contributed by atoms with E-state index in [1.807, 2.05) is 0 Å². The van der Waals surface area contributed by atoms with E-state index in [0.717, 1.165) is 11.4 Å². The van der Waals surface area contributed by atoms with Gasteiger partial charge in [-0.3, -0.25) is 0 Å². The number of para-hydroxylation sites is 4. The molecule has 0 fully saturated rings. The number of hydrogen-bond acceptors (Lipinski definition) is 2. The molecule has 0 aliphatic heterocycles. The molecule has 2 unspecified atom stereocenters. The third-order valence-corrected chi connectivity index (χ3v) is 12.4. The molecule has 3 aliphatic rings. The number of allylic oxidation sites excluding steroid dienone is 3. The van der Waals surface area contributed by atoms with Gasteiger partial charge < -0.3 is 9.80 Å². The van der Waals surface area contributed by atoms with Crippen molar-refractivity contribution >= 4 is 28.4 Å². The van der Waals surface area contributed by atoms with Gasteiger partial charge in [0.15, 0.2) is 0 Å². The van der Waals surface area contributed by atoms with Crippen LogP contribution >= 0.6 is 0 Å². The number of fused-ring (bicyclic) bond motifs is 7. The topological polar surface area (TPSA) is 6.48 Å². The SMILES string of the molecule is CC(C)(C)c1cc(N(c2ccccc2)c2ccccc2)cc2c1-c1ccc3c(c1C2(C)C)C(C)(C)C1C=C(N(c2ccccc2)c2ccccc2)C=CC31. The molecule has 0 saturated heterocycles. The lowest BCUT2D eigenvalue weighted by atomic mass is 9.70. The highest BCUT2D eigenvalue weighted by atomic mass is 15.2. The van der Waals surface area contributed by atoms with Crippen molar-refractivity contribution in [2.75, 3.05) is 9.80 Å². The van der Waals surface area contributed by atoms with Crippen LogP contribution in [-0.4, -0.2) is 0 Å². The Kier molecular flexibility index (Phi) is 7.91. The maximum atomic E-state index is 2.57. The van der Waals surface area contributed by atoms with Gasteiger partial charge in [0, 0.05) is 45.5 Å². The Labute approximate surface area is 322 Å². The normalized spacial score (nSPS) is 18.6. The van der Waals surface area contributed by atoms with E-state index in [1.165, 1.54) is 61.7 Å². The Hall–Kier alpha value is -5.60. The summed E-state index contributed by atoms with van der Waals surface area (Å²) in [7, 11) is 0. The quantitative estimate of drug-likeness (QED) is 0.170. The van der Waals surface area contributed by atoms with Gasteiger partial charge in [0.25, 0.3) is 0 Å². The van der Waals surface area contributed by atoms with Crippen LogP contribution in [0.1, 0.15) is 82.2 Å². The molecule has 9 rings (SSSR count). The fourth-order valence-electron chi connectivity index (χ4n) is 9.85. The largest absolute Gasteiger partial charge is 0.311 e. The van der Waals surface area contributed by atoms with Crippen molar-refractivity contribution < 1.29 is 0 Å². The fraction of sp³-hybridized carbons (Fsp3) is 0.231. The zero-order chi connectivity index (χ0) is 37.4. The Morgan fingerprint density at radius 2 is 1.04 bits per heavy atom. The van der Waals surface area contributed by atoms with Gasteiger partial charge in [0.1, 0.15) is 0 Å². The molecule has 0 radical (unpaired) electrons. The lowest BCUT2D eigenvalue weighted by molar-refractivity contribution is 0.387. The molecule has 0 saturated carbocycles. The third kappa shape index (κ3) is 5.29. The van der Waals surface area contributed by atoms with Gasteiger partial charge in [0.05, 0.1) is 0 Å². The van der Waals surface area contributed by atoms with Crippen molar-refractivity contribution in [2.24, 2.45) is 5.92 Å². The summed E-state index contributed by atoms with van der Waals surface area (Å²) in [5.41, 5.74) is 16.9. The van der Waals surface area contributed by atoms with E-state index in [1.54, 1.807) is 0 Å². The van der Waals surface area contributed by atoms with E-state index < -0.39 is 0 Å². The molecule has 6 aromatic rings. The van der Waals surface area contributed by atoms with Gasteiger partial charge in [-0.15, -0.1) is 0 Å². The van der Waals surface area contributed by atoms with E-state index in [2.05, 4.69) is 222 Å². The van der Waals surface area contributed by atoms with Crippen LogP contribution in [0.25, 0.3) is 11.1 Å². The van der Waals surface area contributed by atoms with E-state index >= 15 is 0 Å². The minimum Gasteiger partial charge on any atom is -0.311 e. The van der Waals surface area contributed by atoms with Crippen LogP contribution < -0.4 is 9.80 Å². The summed E-state index contributed by atoms with van der Waals surface area (Å²) in [6, 6.07) is 53.2. The first-order chi connectivity index (χ1) is 26.0. The predicted octanol–water partition coefficient (Wildman–Crippen LogP) is 14.0. The second-order valence-corrected chi connectivity index (χ2v) is 17.5. The Morgan fingerprint density at radius 1 is 0.537 bits per heavy atom. The lowest BCUT2D eigenvalue weighted by Crippen LogP contribution is -2.30. The fourth-order valence-corrected chi connectivity index (χ4v) is 9.85. The molecule has 268 valence electrons. The highest BCUT2D eigenvalue weighted by Crippen LogP contribution is 2.63. The van der Waals surface area contributed by atoms with Gasteiger partial charge in [0.2, 0.25) is 0 Å². The second kappa shape index (κ2) is 12.5. The molecular formula is C52H50N2. The Balaban J connectivity index is 1.21. The van der Waals surface area contributed by atoms with E-state index in [4.69, 9.17) is 0 Å². The minimum atomic E-state index is -0.202. The zero-order valence-electron chi connectivity index (χ0n) is 32.6. The highest BCUT2D eigenvalue weighted by Gasteiger charge is 2.52. The molecule has 0 bridgehead atoms. The second-order valence-electron chi connectivity index (χ2n) is 17.5. The standard InChI is InChI=1S/C52H50N2/c1-50(2,3)45-33-40(54(37-24-16-10-17-25-37)38-26-18-11-19-27-38)34-46-47(45)43-31-30-42-41-29-28-39(32-44(41)51(4,5)48(42)49(43)52(46,6)7)53(35-20-12-8-13-21-35)36-22-14-9-15-23-36/h8-34,41,44H,1-7H3. The summed E-state index contributed by atoms with van der Waals surface area (Å²) >= 11 is 0.